The molecule has 0 atom stereocenters. The second kappa shape index (κ2) is 3.08. The molecule has 3 aromatic rings. The van der Waals surface area contributed by atoms with Gasteiger partial charge in [-0.3, -0.25) is 0 Å². The molecule has 0 aliphatic carbocycles. The van der Waals surface area contributed by atoms with Gasteiger partial charge < -0.3 is 14.7 Å². The lowest BCUT2D eigenvalue weighted by Crippen LogP contribution is -1.81. The van der Waals surface area contributed by atoms with E-state index in [1.54, 1.807) is 24.5 Å². The van der Waals surface area contributed by atoms with Gasteiger partial charge in [0.1, 0.15) is 4.70 Å². The average Bonchev–Trinajstić information content (AvgIpc) is 2.88. The third-order valence-corrected chi connectivity index (χ3v) is 3.49. The zero-order chi connectivity index (χ0) is 11.3. The molecule has 0 unspecified atom stereocenters. The summed E-state index contributed by atoms with van der Waals surface area (Å²) in [6.07, 6.45) is 1.64. The highest BCUT2D eigenvalue weighted by atomic mass is 32.1. The van der Waals surface area contributed by atoms with Gasteiger partial charge in [0.2, 0.25) is 5.58 Å². The number of thiophene rings is 1. The third-order valence-electron chi connectivity index (χ3n) is 2.38. The monoisotopic (exact) mass is 235 g/mol. The van der Waals surface area contributed by atoms with Gasteiger partial charge >= 0.3 is 0 Å². The first kappa shape index (κ1) is 9.41. The van der Waals surface area contributed by atoms with Crippen molar-refractivity contribution in [2.75, 3.05) is 5.73 Å². The highest BCUT2D eigenvalue weighted by molar-refractivity contribution is 7.20. The number of aromatic nitrogens is 2. The molecule has 0 aliphatic heterocycles. The maximum Gasteiger partial charge on any atom is 0.201 e. The molecule has 2 N–H and O–H groups in total. The number of hydrogen-bond acceptors (Lipinski definition) is 6. The summed E-state index contributed by atoms with van der Waals surface area (Å²) < 4.78 is 11.5. The van der Waals surface area contributed by atoms with Gasteiger partial charge in [-0.2, -0.15) is 0 Å². The Morgan fingerprint density at radius 1 is 1.38 bits per heavy atom. The summed E-state index contributed by atoms with van der Waals surface area (Å²) in [5.74, 6) is 1.21. The van der Waals surface area contributed by atoms with Gasteiger partial charge in [-0.15, -0.1) is 11.3 Å². The molecule has 0 bridgehead atoms. The Morgan fingerprint density at radius 3 is 2.88 bits per heavy atom. The normalized spacial score (nSPS) is 11.4. The Balaban J connectivity index is 2.28. The van der Waals surface area contributed by atoms with Crippen molar-refractivity contribution in [1.82, 2.24) is 10.1 Å². The summed E-state index contributed by atoms with van der Waals surface area (Å²) >= 11 is 1.55. The molecular formula is C10H9N3O2S. The van der Waals surface area contributed by atoms with Crippen molar-refractivity contribution in [3.05, 3.63) is 17.0 Å². The van der Waals surface area contributed by atoms with Crippen LogP contribution in [0, 0.1) is 13.8 Å². The van der Waals surface area contributed by atoms with E-state index in [4.69, 9.17) is 14.7 Å². The van der Waals surface area contributed by atoms with E-state index in [2.05, 4.69) is 10.1 Å². The number of oxazole rings is 1. The Kier molecular flexibility index (Phi) is 1.81. The van der Waals surface area contributed by atoms with E-state index in [1.807, 2.05) is 6.92 Å². The molecule has 3 aromatic heterocycles. The molecule has 16 heavy (non-hydrogen) atoms. The highest BCUT2D eigenvalue weighted by Gasteiger charge is 2.19. The number of hydrogen-bond donors (Lipinski definition) is 1. The topological polar surface area (TPSA) is 78.1 Å². The first-order valence-electron chi connectivity index (χ1n) is 4.74. The van der Waals surface area contributed by atoms with Crippen molar-refractivity contribution in [3.63, 3.8) is 0 Å². The minimum Gasteiger partial charge on any atom is -0.439 e. The Bertz CT molecular complexity index is 665. The van der Waals surface area contributed by atoms with Crippen molar-refractivity contribution in [2.24, 2.45) is 0 Å². The van der Waals surface area contributed by atoms with E-state index >= 15 is 0 Å². The first-order chi connectivity index (χ1) is 7.66. The van der Waals surface area contributed by atoms with E-state index in [0.29, 0.717) is 28.6 Å². The Labute approximate surface area is 94.9 Å². The van der Waals surface area contributed by atoms with Crippen molar-refractivity contribution in [3.8, 4) is 11.5 Å². The minimum absolute atomic E-state index is 0.604. The van der Waals surface area contributed by atoms with Crippen LogP contribution < -0.4 is 5.73 Å². The molecule has 3 heterocycles. The molecule has 0 aromatic carbocycles. The summed E-state index contributed by atoms with van der Waals surface area (Å²) in [5, 5.41) is 3.96. The van der Waals surface area contributed by atoms with Crippen molar-refractivity contribution < 1.29 is 8.94 Å². The molecule has 3 rings (SSSR count). The Morgan fingerprint density at radius 2 is 2.19 bits per heavy atom. The molecule has 6 heteroatoms. The SMILES string of the molecule is Cc1ncc(-c2noc3c(N)c(C)sc23)o1. The van der Waals surface area contributed by atoms with Gasteiger partial charge in [-0.1, -0.05) is 5.16 Å². The molecule has 0 saturated heterocycles. The van der Waals surface area contributed by atoms with E-state index in [9.17, 15) is 0 Å². The van der Waals surface area contributed by atoms with Gasteiger partial charge in [-0.25, -0.2) is 4.98 Å². The summed E-state index contributed by atoms with van der Waals surface area (Å²) in [7, 11) is 0. The second-order valence-corrected chi connectivity index (χ2v) is 4.73. The van der Waals surface area contributed by atoms with Crippen LogP contribution in [0.1, 0.15) is 10.8 Å². The fourth-order valence-corrected chi connectivity index (χ4v) is 2.53. The van der Waals surface area contributed by atoms with Crippen LogP contribution in [-0.4, -0.2) is 10.1 Å². The van der Waals surface area contributed by atoms with Gasteiger partial charge in [0, 0.05) is 11.8 Å². The zero-order valence-corrected chi connectivity index (χ0v) is 9.59. The van der Waals surface area contributed by atoms with Gasteiger partial charge in [0.15, 0.2) is 17.3 Å². The number of aryl methyl sites for hydroxylation is 2. The quantitative estimate of drug-likeness (QED) is 0.701. The smallest absolute Gasteiger partial charge is 0.201 e. The van der Waals surface area contributed by atoms with Crippen molar-refractivity contribution in [2.45, 2.75) is 13.8 Å². The first-order valence-corrected chi connectivity index (χ1v) is 5.55. The second-order valence-electron chi connectivity index (χ2n) is 3.50. The highest BCUT2D eigenvalue weighted by Crippen LogP contribution is 2.39. The summed E-state index contributed by atoms with van der Waals surface area (Å²) in [5.41, 5.74) is 7.81. The summed E-state index contributed by atoms with van der Waals surface area (Å²) in [4.78, 5) is 5.06. The standard InChI is InChI=1S/C10H9N3O2S/c1-4-7(11)9-10(16-4)8(13-15-9)6-3-12-5(2)14-6/h3H,11H2,1-2H3. The zero-order valence-electron chi connectivity index (χ0n) is 8.77. The lowest BCUT2D eigenvalue weighted by molar-refractivity contribution is 0.454. The molecule has 0 spiro atoms. The van der Waals surface area contributed by atoms with Gasteiger partial charge in [0.25, 0.3) is 0 Å². The fourth-order valence-electron chi connectivity index (χ4n) is 1.54. The molecule has 0 radical (unpaired) electrons. The van der Waals surface area contributed by atoms with Crippen LogP contribution >= 0.6 is 11.3 Å². The number of nitrogen functional groups attached to an aromatic ring is 1. The summed E-state index contributed by atoms with van der Waals surface area (Å²) in [6.45, 7) is 3.74. The number of anilines is 1. The van der Waals surface area contributed by atoms with Crippen LogP contribution in [0.2, 0.25) is 0 Å². The van der Waals surface area contributed by atoms with Crippen LogP contribution in [0.15, 0.2) is 15.1 Å². The van der Waals surface area contributed by atoms with Crippen LogP contribution in [0.3, 0.4) is 0 Å². The molecule has 0 fully saturated rings. The minimum atomic E-state index is 0.604. The van der Waals surface area contributed by atoms with E-state index < -0.39 is 0 Å². The molecule has 0 saturated carbocycles. The van der Waals surface area contributed by atoms with E-state index in [1.165, 1.54) is 0 Å². The predicted octanol–water partition coefficient (Wildman–Crippen LogP) is 2.74. The molecule has 0 aliphatic rings. The average molecular weight is 235 g/mol. The lowest BCUT2D eigenvalue weighted by Gasteiger charge is -1.86. The number of nitrogens with zero attached hydrogens (tertiary/aromatic N) is 2. The van der Waals surface area contributed by atoms with Crippen LogP contribution in [0.4, 0.5) is 5.69 Å². The van der Waals surface area contributed by atoms with Crippen LogP contribution in [0.5, 0.6) is 0 Å². The Hall–Kier alpha value is -1.82. The number of nitrogens with two attached hydrogens (primary N) is 1. The van der Waals surface area contributed by atoms with Crippen LogP contribution in [-0.2, 0) is 0 Å². The van der Waals surface area contributed by atoms with Crippen LogP contribution in [0.25, 0.3) is 21.7 Å². The van der Waals surface area contributed by atoms with Crippen molar-refractivity contribution in [1.29, 1.82) is 0 Å². The fraction of sp³-hybridized carbons (Fsp3) is 0.200. The molecule has 5 nitrogen and oxygen atoms in total. The predicted molar refractivity (Wildman–Crippen MR) is 61.3 cm³/mol. The summed E-state index contributed by atoms with van der Waals surface area (Å²) in [6, 6.07) is 0. The number of rotatable bonds is 1. The van der Waals surface area contributed by atoms with E-state index in [-0.39, 0.29) is 0 Å². The maximum atomic E-state index is 5.87. The lowest BCUT2D eigenvalue weighted by atomic mass is 10.3. The van der Waals surface area contributed by atoms with Gasteiger partial charge in [0.05, 0.1) is 11.9 Å². The maximum absolute atomic E-state index is 5.87. The largest absolute Gasteiger partial charge is 0.439 e. The third kappa shape index (κ3) is 1.16. The van der Waals surface area contributed by atoms with Crippen molar-refractivity contribution >= 4 is 27.3 Å². The number of fused-ring (bicyclic) bond motifs is 1. The van der Waals surface area contributed by atoms with Gasteiger partial charge in [-0.05, 0) is 6.92 Å². The molecule has 0 amide bonds. The molecular weight excluding hydrogens is 226 g/mol. The van der Waals surface area contributed by atoms with E-state index in [0.717, 1.165) is 9.58 Å². The molecule has 82 valence electrons.